The fourth-order valence-corrected chi connectivity index (χ4v) is 6.91. The van der Waals surface area contributed by atoms with E-state index in [4.69, 9.17) is 0 Å². The maximum atomic E-state index is 4.17. The summed E-state index contributed by atoms with van der Waals surface area (Å²) in [6.07, 6.45) is 16.6. The SMILES string of the molecule is C=CC1C(C)CCCC1CCC(C)C(C)CCC(C(C)CC)C(CC)C1CC1C. The van der Waals surface area contributed by atoms with Crippen molar-refractivity contribution in [1.82, 2.24) is 0 Å². The molecule has 0 heterocycles. The molecule has 2 fully saturated rings. The summed E-state index contributed by atoms with van der Waals surface area (Å²) in [6, 6.07) is 0. The van der Waals surface area contributed by atoms with Gasteiger partial charge in [0.05, 0.1) is 0 Å². The Kier molecular flexibility index (Phi) is 10.3. The smallest absolute Gasteiger partial charge is 0.0182 e. The van der Waals surface area contributed by atoms with E-state index in [2.05, 4.69) is 61.1 Å². The average molecular weight is 403 g/mol. The van der Waals surface area contributed by atoms with Gasteiger partial charge in [-0.1, -0.05) is 93.1 Å². The molecule has 0 aliphatic heterocycles. The normalized spacial score (nSPS) is 34.8. The van der Waals surface area contributed by atoms with Crippen LogP contribution in [0.2, 0.25) is 0 Å². The summed E-state index contributed by atoms with van der Waals surface area (Å²) in [7, 11) is 0. The van der Waals surface area contributed by atoms with Crippen LogP contribution in [-0.4, -0.2) is 0 Å². The van der Waals surface area contributed by atoms with E-state index in [0.29, 0.717) is 0 Å². The third-order valence-corrected chi connectivity index (χ3v) is 9.75. The molecular weight excluding hydrogens is 348 g/mol. The van der Waals surface area contributed by atoms with Crippen LogP contribution in [0.25, 0.3) is 0 Å². The molecule has 10 atom stereocenters. The summed E-state index contributed by atoms with van der Waals surface area (Å²) in [5.41, 5.74) is 0. The highest BCUT2D eigenvalue weighted by Gasteiger charge is 2.42. The number of hydrogen-bond acceptors (Lipinski definition) is 0. The molecule has 0 aromatic rings. The van der Waals surface area contributed by atoms with Crippen LogP contribution in [0.15, 0.2) is 12.7 Å². The molecule has 29 heavy (non-hydrogen) atoms. The van der Waals surface area contributed by atoms with E-state index in [0.717, 1.165) is 59.2 Å². The zero-order valence-corrected chi connectivity index (χ0v) is 21.1. The fraction of sp³-hybridized carbons (Fsp3) is 0.931. The summed E-state index contributed by atoms with van der Waals surface area (Å²) in [5.74, 6) is 9.15. The molecule has 2 saturated carbocycles. The molecule has 0 spiro atoms. The second kappa shape index (κ2) is 12.0. The Bertz CT molecular complexity index is 465. The van der Waals surface area contributed by atoms with Gasteiger partial charge in [-0.15, -0.1) is 6.58 Å². The topological polar surface area (TPSA) is 0 Å². The highest BCUT2D eigenvalue weighted by molar-refractivity contribution is 4.93. The molecule has 0 saturated heterocycles. The van der Waals surface area contributed by atoms with E-state index >= 15 is 0 Å². The van der Waals surface area contributed by atoms with Gasteiger partial charge in [0, 0.05) is 0 Å². The molecule has 2 aliphatic carbocycles. The second-order valence-corrected chi connectivity index (χ2v) is 11.6. The van der Waals surface area contributed by atoms with Crippen molar-refractivity contribution in [3.05, 3.63) is 12.7 Å². The Morgan fingerprint density at radius 1 is 0.862 bits per heavy atom. The number of rotatable bonds is 13. The summed E-state index contributed by atoms with van der Waals surface area (Å²) < 4.78 is 0. The molecule has 0 amide bonds. The van der Waals surface area contributed by atoms with Crippen molar-refractivity contribution >= 4 is 0 Å². The Balaban J connectivity index is 1.83. The summed E-state index contributed by atoms with van der Waals surface area (Å²) in [5, 5.41) is 0. The third kappa shape index (κ3) is 6.87. The van der Waals surface area contributed by atoms with E-state index < -0.39 is 0 Å². The first-order valence-corrected chi connectivity index (χ1v) is 13.5. The van der Waals surface area contributed by atoms with Crippen LogP contribution in [0.4, 0.5) is 0 Å². The van der Waals surface area contributed by atoms with Crippen molar-refractivity contribution in [3.63, 3.8) is 0 Å². The van der Waals surface area contributed by atoms with Gasteiger partial charge in [0.25, 0.3) is 0 Å². The van der Waals surface area contributed by atoms with Crippen molar-refractivity contribution in [3.8, 4) is 0 Å². The average Bonchev–Trinajstić information content (AvgIpc) is 3.44. The predicted molar refractivity (Wildman–Crippen MR) is 131 cm³/mol. The minimum atomic E-state index is 0.770. The van der Waals surface area contributed by atoms with Gasteiger partial charge in [-0.25, -0.2) is 0 Å². The van der Waals surface area contributed by atoms with Crippen molar-refractivity contribution < 1.29 is 0 Å². The molecule has 170 valence electrons. The van der Waals surface area contributed by atoms with Crippen LogP contribution in [0, 0.1) is 59.2 Å². The highest BCUT2D eigenvalue weighted by Crippen LogP contribution is 2.51. The van der Waals surface area contributed by atoms with Crippen molar-refractivity contribution in [1.29, 1.82) is 0 Å². The number of hydrogen-bond donors (Lipinski definition) is 0. The highest BCUT2D eigenvalue weighted by atomic mass is 14.5. The van der Waals surface area contributed by atoms with Crippen LogP contribution in [0.5, 0.6) is 0 Å². The maximum absolute atomic E-state index is 4.17. The Labute approximate surface area is 184 Å². The Hall–Kier alpha value is -0.260. The first-order chi connectivity index (χ1) is 13.8. The minimum absolute atomic E-state index is 0.770. The molecule has 2 aliphatic rings. The van der Waals surface area contributed by atoms with Gasteiger partial charge in [-0.2, -0.15) is 0 Å². The molecule has 0 aromatic carbocycles. The van der Waals surface area contributed by atoms with Crippen LogP contribution in [0.1, 0.15) is 113 Å². The van der Waals surface area contributed by atoms with E-state index in [9.17, 15) is 0 Å². The monoisotopic (exact) mass is 402 g/mol. The van der Waals surface area contributed by atoms with Crippen molar-refractivity contribution in [2.75, 3.05) is 0 Å². The zero-order chi connectivity index (χ0) is 21.6. The zero-order valence-electron chi connectivity index (χ0n) is 21.1. The molecule has 0 N–H and O–H groups in total. The van der Waals surface area contributed by atoms with Gasteiger partial charge in [0.2, 0.25) is 0 Å². The van der Waals surface area contributed by atoms with Gasteiger partial charge < -0.3 is 0 Å². The van der Waals surface area contributed by atoms with Gasteiger partial charge >= 0.3 is 0 Å². The van der Waals surface area contributed by atoms with E-state index in [1.54, 1.807) is 0 Å². The predicted octanol–water partition coefficient (Wildman–Crippen LogP) is 9.40. The first-order valence-electron chi connectivity index (χ1n) is 13.5. The minimum Gasteiger partial charge on any atom is -0.103 e. The molecular formula is C29H54. The standard InChI is InChI=1S/C29H54/c1-9-20(4)28(27(11-3)29-19-24(29)8)18-16-22(6)21(5)15-17-25-14-12-13-23(7)26(25)10-2/h10,20-29H,2,9,11-19H2,1,3-8H3. The lowest BCUT2D eigenvalue weighted by molar-refractivity contribution is 0.158. The molecule has 0 aromatic heterocycles. The second-order valence-electron chi connectivity index (χ2n) is 11.6. The maximum Gasteiger partial charge on any atom is -0.0182 e. The van der Waals surface area contributed by atoms with Crippen LogP contribution < -0.4 is 0 Å². The van der Waals surface area contributed by atoms with E-state index in [-0.39, 0.29) is 0 Å². The Morgan fingerprint density at radius 2 is 1.52 bits per heavy atom. The fourth-order valence-electron chi connectivity index (χ4n) is 6.91. The molecule has 10 unspecified atom stereocenters. The first kappa shape index (κ1) is 25.0. The van der Waals surface area contributed by atoms with Crippen LogP contribution >= 0.6 is 0 Å². The lowest BCUT2D eigenvalue weighted by atomic mass is 9.69. The molecule has 0 radical (unpaired) electrons. The quantitative estimate of drug-likeness (QED) is 0.269. The van der Waals surface area contributed by atoms with Crippen molar-refractivity contribution in [2.24, 2.45) is 59.2 Å². The van der Waals surface area contributed by atoms with E-state index in [1.807, 2.05) is 0 Å². The van der Waals surface area contributed by atoms with E-state index in [1.165, 1.54) is 64.2 Å². The van der Waals surface area contributed by atoms with Gasteiger partial charge in [0.1, 0.15) is 0 Å². The third-order valence-electron chi connectivity index (χ3n) is 9.75. The largest absolute Gasteiger partial charge is 0.103 e. The molecule has 0 heteroatoms. The summed E-state index contributed by atoms with van der Waals surface area (Å²) >= 11 is 0. The van der Waals surface area contributed by atoms with Crippen LogP contribution in [0.3, 0.4) is 0 Å². The van der Waals surface area contributed by atoms with Gasteiger partial charge in [-0.05, 0) is 84.9 Å². The molecule has 0 bridgehead atoms. The van der Waals surface area contributed by atoms with Crippen LogP contribution in [-0.2, 0) is 0 Å². The van der Waals surface area contributed by atoms with Gasteiger partial charge in [-0.3, -0.25) is 0 Å². The van der Waals surface area contributed by atoms with Gasteiger partial charge in [0.15, 0.2) is 0 Å². The molecule has 2 rings (SSSR count). The Morgan fingerprint density at radius 3 is 2.07 bits per heavy atom. The summed E-state index contributed by atoms with van der Waals surface area (Å²) in [6.45, 7) is 21.6. The lowest BCUT2D eigenvalue weighted by Crippen LogP contribution is -2.26. The number of allylic oxidation sites excluding steroid dienone is 1. The summed E-state index contributed by atoms with van der Waals surface area (Å²) in [4.78, 5) is 0. The molecule has 0 nitrogen and oxygen atoms in total. The lowest BCUT2D eigenvalue weighted by Gasteiger charge is -2.36. The van der Waals surface area contributed by atoms with Crippen molar-refractivity contribution in [2.45, 2.75) is 113 Å².